The van der Waals surface area contributed by atoms with Gasteiger partial charge in [-0.05, 0) is 47.1 Å². The Balaban J connectivity index is 1.97. The summed E-state index contributed by atoms with van der Waals surface area (Å²) in [5.74, 6) is -0.0680. The smallest absolute Gasteiger partial charge is 0.419 e. The lowest BCUT2D eigenvalue weighted by Gasteiger charge is -2.49. The van der Waals surface area contributed by atoms with E-state index in [1.165, 1.54) is 12.1 Å². The number of H-pyrrole nitrogens is 1. The van der Waals surface area contributed by atoms with Crippen LogP contribution in [0.5, 0.6) is 5.75 Å². The highest BCUT2D eigenvalue weighted by Gasteiger charge is 2.64. The van der Waals surface area contributed by atoms with Crippen molar-refractivity contribution >= 4 is 16.6 Å². The van der Waals surface area contributed by atoms with E-state index in [9.17, 15) is 28.2 Å². The van der Waals surface area contributed by atoms with Gasteiger partial charge in [0.15, 0.2) is 5.60 Å². The average Bonchev–Trinajstić information content (AvgIpc) is 2.69. The molecule has 176 valence electrons. The summed E-state index contributed by atoms with van der Waals surface area (Å²) in [5, 5.41) is 25.7. The monoisotopic (exact) mass is 460 g/mol. The first-order valence-corrected chi connectivity index (χ1v) is 10.8. The third-order valence-corrected chi connectivity index (χ3v) is 6.60. The van der Waals surface area contributed by atoms with Gasteiger partial charge >= 0.3 is 6.18 Å². The highest BCUT2D eigenvalue weighted by Crippen LogP contribution is 2.57. The average molecular weight is 460 g/mol. The van der Waals surface area contributed by atoms with Crippen LogP contribution >= 0.6 is 0 Å². The molecule has 0 fully saturated rings. The summed E-state index contributed by atoms with van der Waals surface area (Å²) in [5.41, 5.74) is -2.56. The van der Waals surface area contributed by atoms with Crippen LogP contribution in [0.2, 0.25) is 0 Å². The number of aromatic nitrogens is 1. The van der Waals surface area contributed by atoms with Gasteiger partial charge in [-0.15, -0.1) is 0 Å². The van der Waals surface area contributed by atoms with E-state index >= 15 is 0 Å². The zero-order chi connectivity index (χ0) is 24.3. The molecule has 5 nitrogen and oxygen atoms in total. The number of nitrogens with one attached hydrogen (secondary N) is 2. The maximum atomic E-state index is 14.4. The Morgan fingerprint density at radius 3 is 2.45 bits per heavy atom. The number of anilines is 1. The first-order chi connectivity index (χ1) is 15.3. The van der Waals surface area contributed by atoms with Gasteiger partial charge in [0.2, 0.25) is 5.56 Å². The van der Waals surface area contributed by atoms with Crippen LogP contribution in [0.15, 0.2) is 47.3 Å². The number of benzene rings is 2. The third kappa shape index (κ3) is 3.66. The molecule has 1 heterocycles. The van der Waals surface area contributed by atoms with E-state index in [2.05, 4.69) is 10.3 Å². The molecule has 0 aliphatic heterocycles. The largest absolute Gasteiger partial charge is 0.507 e. The summed E-state index contributed by atoms with van der Waals surface area (Å²) in [4.78, 5) is 14.3. The summed E-state index contributed by atoms with van der Waals surface area (Å²) in [7, 11) is 0. The number of aromatic hydroxyl groups is 1. The Morgan fingerprint density at radius 1 is 1.12 bits per heavy atom. The van der Waals surface area contributed by atoms with Gasteiger partial charge in [-0.2, -0.15) is 13.2 Å². The molecule has 0 radical (unpaired) electrons. The van der Waals surface area contributed by atoms with Crippen LogP contribution in [0.3, 0.4) is 0 Å². The molecule has 4 N–H and O–H groups in total. The minimum Gasteiger partial charge on any atom is -0.507 e. The number of halogens is 3. The number of phenolic OH excluding ortho intramolecular Hbond substituents is 1. The number of pyridine rings is 1. The van der Waals surface area contributed by atoms with Gasteiger partial charge in [0, 0.05) is 22.7 Å². The Bertz CT molecular complexity index is 1280. The van der Waals surface area contributed by atoms with Crippen LogP contribution in [0.1, 0.15) is 62.8 Å². The van der Waals surface area contributed by atoms with Crippen LogP contribution in [0, 0.1) is 0 Å². The highest BCUT2D eigenvalue weighted by atomic mass is 19.4. The number of phenols is 1. The molecule has 2 atom stereocenters. The van der Waals surface area contributed by atoms with E-state index in [1.807, 2.05) is 13.8 Å². The summed E-state index contributed by atoms with van der Waals surface area (Å²) >= 11 is 0. The molecule has 0 bridgehead atoms. The summed E-state index contributed by atoms with van der Waals surface area (Å²) < 4.78 is 43.2. The molecule has 2 unspecified atom stereocenters. The van der Waals surface area contributed by atoms with Crippen molar-refractivity contribution in [2.75, 3.05) is 5.32 Å². The van der Waals surface area contributed by atoms with Crippen molar-refractivity contribution in [2.45, 2.75) is 63.3 Å². The number of rotatable bonds is 3. The van der Waals surface area contributed by atoms with Crippen LogP contribution in [-0.2, 0) is 5.41 Å². The summed E-state index contributed by atoms with van der Waals surface area (Å²) in [6.07, 6.45) is -5.57. The number of alkyl halides is 3. The SMILES string of the molecule is CC(C)c1ccc2c(c1O)C(C)(C)CC(O)(C(F)(F)F)C2Nc1cccc2[nH]c(=O)ccc12. The Hall–Kier alpha value is -3.00. The molecule has 0 saturated heterocycles. The first kappa shape index (κ1) is 23.2. The van der Waals surface area contributed by atoms with Gasteiger partial charge in [0.05, 0.1) is 11.6 Å². The minimum atomic E-state index is -4.94. The lowest BCUT2D eigenvalue weighted by molar-refractivity contribution is -0.275. The van der Waals surface area contributed by atoms with Gasteiger partial charge in [-0.1, -0.05) is 45.9 Å². The summed E-state index contributed by atoms with van der Waals surface area (Å²) in [6, 6.07) is 9.28. The minimum absolute atomic E-state index is 0.0316. The van der Waals surface area contributed by atoms with Crippen molar-refractivity contribution in [1.82, 2.24) is 4.98 Å². The number of fused-ring (bicyclic) bond motifs is 2. The topological polar surface area (TPSA) is 85.3 Å². The molecule has 1 aliphatic rings. The number of aliphatic hydroxyl groups is 1. The second kappa shape index (κ2) is 7.52. The van der Waals surface area contributed by atoms with Crippen LogP contribution < -0.4 is 10.9 Å². The zero-order valence-electron chi connectivity index (χ0n) is 18.8. The summed E-state index contributed by atoms with van der Waals surface area (Å²) in [6.45, 7) is 7.00. The fraction of sp³-hybridized carbons (Fsp3) is 0.400. The van der Waals surface area contributed by atoms with E-state index in [4.69, 9.17) is 0 Å². The molecule has 33 heavy (non-hydrogen) atoms. The van der Waals surface area contributed by atoms with Crippen molar-refractivity contribution < 1.29 is 23.4 Å². The van der Waals surface area contributed by atoms with E-state index in [1.54, 1.807) is 44.2 Å². The van der Waals surface area contributed by atoms with Crippen LogP contribution in [0.4, 0.5) is 18.9 Å². The second-order valence-corrected chi connectivity index (χ2v) is 9.77. The molecule has 8 heteroatoms. The molecular weight excluding hydrogens is 433 g/mol. The number of aromatic amines is 1. The van der Waals surface area contributed by atoms with Crippen molar-refractivity contribution in [1.29, 1.82) is 0 Å². The lowest BCUT2D eigenvalue weighted by Crippen LogP contribution is -2.58. The van der Waals surface area contributed by atoms with E-state index in [-0.39, 0.29) is 22.8 Å². The fourth-order valence-electron chi connectivity index (χ4n) is 5.09. The van der Waals surface area contributed by atoms with Gasteiger partial charge < -0.3 is 20.5 Å². The highest BCUT2D eigenvalue weighted by molar-refractivity contribution is 5.91. The zero-order valence-corrected chi connectivity index (χ0v) is 18.8. The normalized spacial score (nSPS) is 22.4. The number of hydrogen-bond donors (Lipinski definition) is 4. The Labute approximate surface area is 189 Å². The van der Waals surface area contributed by atoms with Gasteiger partial charge in [-0.3, -0.25) is 4.79 Å². The van der Waals surface area contributed by atoms with Gasteiger partial charge in [0.25, 0.3) is 0 Å². The van der Waals surface area contributed by atoms with E-state index in [0.717, 1.165) is 0 Å². The predicted molar refractivity (Wildman–Crippen MR) is 122 cm³/mol. The van der Waals surface area contributed by atoms with Gasteiger partial charge in [0.1, 0.15) is 5.75 Å². The van der Waals surface area contributed by atoms with E-state index in [0.29, 0.717) is 27.7 Å². The molecule has 3 aromatic rings. The predicted octanol–water partition coefficient (Wildman–Crippen LogP) is 5.49. The fourth-order valence-corrected chi connectivity index (χ4v) is 5.09. The van der Waals surface area contributed by atoms with Crippen molar-refractivity contribution in [3.8, 4) is 5.75 Å². The molecule has 0 saturated carbocycles. The molecule has 1 aliphatic carbocycles. The van der Waals surface area contributed by atoms with E-state index < -0.39 is 29.7 Å². The third-order valence-electron chi connectivity index (χ3n) is 6.60. The van der Waals surface area contributed by atoms with Crippen molar-refractivity contribution in [3.05, 3.63) is 69.5 Å². The molecule has 0 amide bonds. The van der Waals surface area contributed by atoms with Crippen LogP contribution in [0.25, 0.3) is 10.9 Å². The molecular formula is C25H27F3N2O3. The second-order valence-electron chi connectivity index (χ2n) is 9.77. The maximum absolute atomic E-state index is 14.4. The Morgan fingerprint density at radius 2 is 1.82 bits per heavy atom. The Kier molecular flexibility index (Phi) is 5.28. The first-order valence-electron chi connectivity index (χ1n) is 10.8. The van der Waals surface area contributed by atoms with Crippen LogP contribution in [-0.4, -0.2) is 27.0 Å². The van der Waals surface area contributed by atoms with Gasteiger partial charge in [-0.25, -0.2) is 0 Å². The van der Waals surface area contributed by atoms with Crippen molar-refractivity contribution in [2.24, 2.45) is 0 Å². The molecule has 4 rings (SSSR count). The lowest BCUT2D eigenvalue weighted by atomic mass is 9.62. The standard InChI is InChI=1S/C25H27F3N2O3/c1-13(2)14-8-9-16-20(21(14)32)23(3,4)12-24(33,25(26,27)28)22(16)30-18-7-5-6-17-15(18)10-11-19(31)29-17/h5-11,13,22,30,32-33H,12H2,1-4H3,(H,29,31). The molecule has 2 aromatic carbocycles. The maximum Gasteiger partial charge on any atom is 0.419 e. The van der Waals surface area contributed by atoms with Crippen molar-refractivity contribution in [3.63, 3.8) is 0 Å². The molecule has 1 aromatic heterocycles. The molecule has 0 spiro atoms. The number of hydrogen-bond acceptors (Lipinski definition) is 4. The quantitative estimate of drug-likeness (QED) is 0.417.